The lowest BCUT2D eigenvalue weighted by molar-refractivity contribution is -0.387. The highest BCUT2D eigenvalue weighted by molar-refractivity contribution is 7.99. The first-order chi connectivity index (χ1) is 13.6. The third-order valence-corrected chi connectivity index (χ3v) is 5.14. The van der Waals surface area contributed by atoms with E-state index in [1.54, 1.807) is 30.5 Å². The topological polar surface area (TPSA) is 93.8 Å². The van der Waals surface area contributed by atoms with Gasteiger partial charge < -0.3 is 5.32 Å². The Morgan fingerprint density at radius 2 is 1.86 bits per heavy atom. The Kier molecular flexibility index (Phi) is 5.05. The first kappa shape index (κ1) is 18.1. The van der Waals surface area contributed by atoms with Gasteiger partial charge in [0.2, 0.25) is 5.82 Å². The summed E-state index contributed by atoms with van der Waals surface area (Å²) >= 11 is 7.17. The van der Waals surface area contributed by atoms with Crippen molar-refractivity contribution >= 4 is 51.5 Å². The van der Waals surface area contributed by atoms with E-state index in [1.807, 2.05) is 30.3 Å². The van der Waals surface area contributed by atoms with Gasteiger partial charge in [-0.3, -0.25) is 15.1 Å². The molecule has 2 heterocycles. The van der Waals surface area contributed by atoms with Gasteiger partial charge in [0.1, 0.15) is 6.33 Å². The van der Waals surface area contributed by atoms with Crippen LogP contribution in [0.1, 0.15) is 0 Å². The molecule has 1 N–H and O–H groups in total. The second-order valence-corrected chi connectivity index (χ2v) is 7.17. The van der Waals surface area contributed by atoms with Crippen LogP contribution >= 0.6 is 23.4 Å². The van der Waals surface area contributed by atoms with Gasteiger partial charge in [-0.25, -0.2) is 9.97 Å². The molecular weight excluding hydrogens is 398 g/mol. The van der Waals surface area contributed by atoms with Gasteiger partial charge in [0.15, 0.2) is 5.03 Å². The van der Waals surface area contributed by atoms with Crippen LogP contribution in [0.3, 0.4) is 0 Å². The largest absolute Gasteiger partial charge is 0.343 e. The third kappa shape index (κ3) is 3.73. The highest BCUT2D eigenvalue weighted by Gasteiger charge is 2.24. The average molecular weight is 410 g/mol. The van der Waals surface area contributed by atoms with Crippen LogP contribution < -0.4 is 5.32 Å². The normalized spacial score (nSPS) is 10.8. The van der Waals surface area contributed by atoms with Crippen molar-refractivity contribution in [1.82, 2.24) is 15.0 Å². The molecule has 2 aromatic carbocycles. The molecule has 9 heteroatoms. The maximum Gasteiger partial charge on any atom is 0.343 e. The number of anilines is 2. The van der Waals surface area contributed by atoms with E-state index in [0.717, 1.165) is 15.8 Å². The Labute approximate surface area is 169 Å². The number of pyridine rings is 1. The number of aromatic nitrogens is 3. The SMILES string of the molecule is O=[N+]([O-])c1c(Nc2cccc(Cl)c2)ncnc1Sc1cccc2cccnc12. The van der Waals surface area contributed by atoms with E-state index >= 15 is 0 Å². The van der Waals surface area contributed by atoms with Gasteiger partial charge in [0.05, 0.1) is 10.4 Å². The molecule has 138 valence electrons. The van der Waals surface area contributed by atoms with E-state index in [1.165, 1.54) is 18.1 Å². The van der Waals surface area contributed by atoms with Gasteiger partial charge in [-0.1, -0.05) is 47.6 Å². The number of nitrogens with one attached hydrogen (secondary N) is 1. The summed E-state index contributed by atoms with van der Waals surface area (Å²) in [6.07, 6.45) is 2.98. The number of hydrogen-bond donors (Lipinski definition) is 1. The number of benzene rings is 2. The molecule has 0 saturated heterocycles. The molecule has 4 rings (SSSR count). The lowest BCUT2D eigenvalue weighted by Crippen LogP contribution is -2.03. The quantitative estimate of drug-likeness (QED) is 0.265. The maximum absolute atomic E-state index is 11.8. The van der Waals surface area contributed by atoms with Gasteiger partial charge in [0, 0.05) is 27.2 Å². The van der Waals surface area contributed by atoms with Crippen molar-refractivity contribution in [2.75, 3.05) is 5.32 Å². The number of nitrogens with zero attached hydrogens (tertiary/aromatic N) is 4. The zero-order valence-electron chi connectivity index (χ0n) is 14.2. The van der Waals surface area contributed by atoms with Crippen molar-refractivity contribution in [2.24, 2.45) is 0 Å². The predicted molar refractivity (Wildman–Crippen MR) is 109 cm³/mol. The highest BCUT2D eigenvalue weighted by Crippen LogP contribution is 2.39. The average Bonchev–Trinajstić information content (AvgIpc) is 2.68. The standard InChI is InChI=1S/C19H12ClN5O2S/c20-13-6-2-7-14(10-13)24-18-17(25(26)27)19(23-11-22-18)28-15-8-1-4-12-5-3-9-21-16(12)15/h1-11H,(H,22,23,24). The monoisotopic (exact) mass is 409 g/mol. The van der Waals surface area contributed by atoms with Crippen LogP contribution in [0.15, 0.2) is 77.0 Å². The molecular formula is C19H12ClN5O2S. The van der Waals surface area contributed by atoms with Crippen LogP contribution in [-0.4, -0.2) is 19.9 Å². The Morgan fingerprint density at radius 3 is 2.68 bits per heavy atom. The van der Waals surface area contributed by atoms with Crippen molar-refractivity contribution in [3.8, 4) is 0 Å². The lowest BCUT2D eigenvalue weighted by Gasteiger charge is -2.09. The van der Waals surface area contributed by atoms with Crippen LogP contribution in [0.5, 0.6) is 0 Å². The molecule has 0 spiro atoms. The summed E-state index contributed by atoms with van der Waals surface area (Å²) in [5.74, 6) is 0.0953. The number of fused-ring (bicyclic) bond motifs is 1. The molecule has 0 radical (unpaired) electrons. The van der Waals surface area contributed by atoms with Gasteiger partial charge >= 0.3 is 5.69 Å². The highest BCUT2D eigenvalue weighted by atomic mass is 35.5. The second-order valence-electron chi connectivity index (χ2n) is 5.70. The first-order valence-electron chi connectivity index (χ1n) is 8.15. The van der Waals surface area contributed by atoms with Crippen molar-refractivity contribution in [1.29, 1.82) is 0 Å². The molecule has 0 fully saturated rings. The number of rotatable bonds is 5. The van der Waals surface area contributed by atoms with Crippen molar-refractivity contribution in [3.05, 3.63) is 82.3 Å². The molecule has 0 aliphatic heterocycles. The number of hydrogen-bond acceptors (Lipinski definition) is 7. The molecule has 28 heavy (non-hydrogen) atoms. The third-order valence-electron chi connectivity index (χ3n) is 3.86. The van der Waals surface area contributed by atoms with E-state index in [0.29, 0.717) is 10.7 Å². The lowest BCUT2D eigenvalue weighted by atomic mass is 10.2. The maximum atomic E-state index is 11.8. The zero-order chi connectivity index (χ0) is 19.5. The molecule has 2 aromatic heterocycles. The van der Waals surface area contributed by atoms with Crippen LogP contribution in [0.25, 0.3) is 10.9 Å². The molecule has 0 saturated carbocycles. The van der Waals surface area contributed by atoms with E-state index in [4.69, 9.17) is 11.6 Å². The zero-order valence-corrected chi connectivity index (χ0v) is 15.8. The molecule has 4 aromatic rings. The summed E-state index contributed by atoms with van der Waals surface area (Å²) in [6, 6.07) is 16.3. The van der Waals surface area contributed by atoms with Gasteiger partial charge in [-0.2, -0.15) is 0 Å². The molecule has 0 aliphatic carbocycles. The molecule has 0 unspecified atom stereocenters. The molecule has 7 nitrogen and oxygen atoms in total. The molecule has 0 atom stereocenters. The van der Waals surface area contributed by atoms with Crippen LogP contribution in [0.2, 0.25) is 5.02 Å². The minimum absolute atomic E-state index is 0.0953. The Bertz CT molecular complexity index is 1180. The summed E-state index contributed by atoms with van der Waals surface area (Å²) < 4.78 is 0. The summed E-state index contributed by atoms with van der Waals surface area (Å²) in [5.41, 5.74) is 1.14. The summed E-state index contributed by atoms with van der Waals surface area (Å²) in [7, 11) is 0. The minimum atomic E-state index is -0.492. The molecule has 0 bridgehead atoms. The predicted octanol–water partition coefficient (Wildman–Crippen LogP) is 5.48. The summed E-state index contributed by atoms with van der Waals surface area (Å²) in [4.78, 5) is 24.6. The van der Waals surface area contributed by atoms with E-state index in [9.17, 15) is 10.1 Å². The number of halogens is 1. The van der Waals surface area contributed by atoms with Crippen molar-refractivity contribution in [3.63, 3.8) is 0 Å². The summed E-state index contributed by atoms with van der Waals surface area (Å²) in [6.45, 7) is 0. The van der Waals surface area contributed by atoms with Crippen LogP contribution in [0.4, 0.5) is 17.2 Å². The van der Waals surface area contributed by atoms with E-state index in [-0.39, 0.29) is 16.5 Å². The fourth-order valence-corrected chi connectivity index (χ4v) is 3.84. The van der Waals surface area contributed by atoms with Crippen molar-refractivity contribution in [2.45, 2.75) is 9.92 Å². The van der Waals surface area contributed by atoms with Gasteiger partial charge in [-0.05, 0) is 30.3 Å². The fraction of sp³-hybridized carbons (Fsp3) is 0. The smallest absolute Gasteiger partial charge is 0.334 e. The van der Waals surface area contributed by atoms with Crippen LogP contribution in [0, 0.1) is 10.1 Å². The first-order valence-corrected chi connectivity index (χ1v) is 9.35. The van der Waals surface area contributed by atoms with Gasteiger partial charge in [-0.15, -0.1) is 0 Å². The van der Waals surface area contributed by atoms with Gasteiger partial charge in [0.25, 0.3) is 0 Å². The van der Waals surface area contributed by atoms with E-state index in [2.05, 4.69) is 20.3 Å². The number of para-hydroxylation sites is 1. The number of nitro groups is 1. The van der Waals surface area contributed by atoms with Crippen molar-refractivity contribution < 1.29 is 4.92 Å². The fourth-order valence-electron chi connectivity index (χ4n) is 2.66. The second kappa shape index (κ2) is 7.79. The molecule has 0 aliphatic rings. The minimum Gasteiger partial charge on any atom is -0.334 e. The van der Waals surface area contributed by atoms with E-state index < -0.39 is 4.92 Å². The molecule has 0 amide bonds. The Morgan fingerprint density at radius 1 is 1.04 bits per heavy atom. The Hall–Kier alpha value is -3.23. The Balaban J connectivity index is 1.76. The van der Waals surface area contributed by atoms with Crippen LogP contribution in [-0.2, 0) is 0 Å². The summed E-state index contributed by atoms with van der Waals surface area (Å²) in [5, 5.41) is 16.4.